The second kappa shape index (κ2) is 6.20. The first-order chi connectivity index (χ1) is 6.77. The minimum Gasteiger partial charge on any atom is -0.363 e. The van der Waals surface area contributed by atoms with Gasteiger partial charge in [-0.1, -0.05) is 0 Å². The molecule has 1 saturated heterocycles. The summed E-state index contributed by atoms with van der Waals surface area (Å²) in [5.74, 6) is 0.515. The summed E-state index contributed by atoms with van der Waals surface area (Å²) in [7, 11) is 4.36. The van der Waals surface area contributed by atoms with Crippen LogP contribution >= 0.6 is 9.47 Å². The van der Waals surface area contributed by atoms with Gasteiger partial charge in [-0.3, -0.25) is 0 Å². The van der Waals surface area contributed by atoms with Crippen LogP contribution in [0.15, 0.2) is 5.11 Å². The maximum Gasteiger partial charge on any atom is 0.214 e. The fraction of sp³-hybridized carbons (Fsp3) is 1.00. The van der Waals surface area contributed by atoms with Crippen molar-refractivity contribution in [2.24, 2.45) is 11.0 Å². The summed E-state index contributed by atoms with van der Waals surface area (Å²) in [4.78, 5) is 5.43. The van der Waals surface area contributed by atoms with Crippen molar-refractivity contribution in [1.29, 1.82) is 5.53 Å². The second-order valence-corrected chi connectivity index (χ2v) is 4.09. The SMILES string of the molecule is CN1CCC([C@H](COP)N=[N+]=N)CC1. The first kappa shape index (κ1) is 11.7. The van der Waals surface area contributed by atoms with Gasteiger partial charge in [0.2, 0.25) is 4.91 Å². The van der Waals surface area contributed by atoms with Crippen molar-refractivity contribution in [2.75, 3.05) is 26.7 Å². The largest absolute Gasteiger partial charge is 0.363 e. The first-order valence-electron chi connectivity index (χ1n) is 4.84. The zero-order chi connectivity index (χ0) is 10.4. The lowest BCUT2D eigenvalue weighted by atomic mass is 9.90. The summed E-state index contributed by atoms with van der Waals surface area (Å²) in [6, 6.07) is 0.0544. The van der Waals surface area contributed by atoms with Crippen LogP contribution in [-0.2, 0) is 4.52 Å². The molecular formula is C8H18N4OP+. The van der Waals surface area contributed by atoms with Gasteiger partial charge in [0.05, 0.1) is 6.61 Å². The normalized spacial score (nSPS) is 21.6. The van der Waals surface area contributed by atoms with E-state index in [1.165, 1.54) is 0 Å². The highest BCUT2D eigenvalue weighted by Crippen LogP contribution is 2.22. The van der Waals surface area contributed by atoms with Gasteiger partial charge in [-0.25, -0.2) is 0 Å². The average molecular weight is 217 g/mol. The Morgan fingerprint density at radius 2 is 2.29 bits per heavy atom. The van der Waals surface area contributed by atoms with E-state index in [0.717, 1.165) is 25.9 Å². The van der Waals surface area contributed by atoms with Crippen molar-refractivity contribution in [3.05, 3.63) is 0 Å². The molecule has 1 unspecified atom stereocenters. The summed E-state index contributed by atoms with van der Waals surface area (Å²) >= 11 is 0. The maximum atomic E-state index is 6.76. The van der Waals surface area contributed by atoms with Crippen LogP contribution in [0.25, 0.3) is 0 Å². The Morgan fingerprint density at radius 1 is 1.64 bits per heavy atom. The monoisotopic (exact) mass is 217 g/mol. The van der Waals surface area contributed by atoms with Crippen molar-refractivity contribution in [3.63, 3.8) is 0 Å². The third-order valence-electron chi connectivity index (χ3n) is 2.78. The van der Waals surface area contributed by atoms with Gasteiger partial charge in [-0.2, -0.15) is 0 Å². The van der Waals surface area contributed by atoms with Crippen LogP contribution in [0.1, 0.15) is 12.8 Å². The molecule has 0 radical (unpaired) electrons. The quantitative estimate of drug-likeness (QED) is 0.434. The standard InChI is InChI=1S/C8H18N4OP/c1-12-4-2-7(3-5-12)8(6-13-14)10-11-9/h7-9H,2-6,14H2,1H3/q+1/t8-/m0/s1. The van der Waals surface area contributed by atoms with E-state index < -0.39 is 0 Å². The van der Waals surface area contributed by atoms with E-state index in [1.54, 1.807) is 0 Å². The van der Waals surface area contributed by atoms with E-state index in [9.17, 15) is 0 Å². The molecule has 1 N–H and O–H groups in total. The van der Waals surface area contributed by atoms with Crippen molar-refractivity contribution in [3.8, 4) is 0 Å². The molecule has 0 aromatic rings. The number of hydrogen-bond donors (Lipinski definition) is 1. The van der Waals surface area contributed by atoms with Gasteiger partial charge in [0.15, 0.2) is 6.04 Å². The maximum absolute atomic E-state index is 6.76. The van der Waals surface area contributed by atoms with Crippen molar-refractivity contribution >= 4 is 9.47 Å². The minimum absolute atomic E-state index is 0.0544. The topological polar surface area (TPSA) is 62.8 Å². The number of nitrogens with one attached hydrogen (secondary N) is 1. The Kier molecular flexibility index (Phi) is 5.20. The zero-order valence-corrected chi connectivity index (χ0v) is 9.67. The Labute approximate surface area is 86.7 Å². The van der Waals surface area contributed by atoms with Gasteiger partial charge in [-0.05, 0) is 38.9 Å². The Hall–Kier alpha value is -0.340. The van der Waals surface area contributed by atoms with E-state index >= 15 is 0 Å². The summed E-state index contributed by atoms with van der Waals surface area (Å²) < 4.78 is 5.00. The lowest BCUT2D eigenvalue weighted by molar-refractivity contribution is 0.171. The Balaban J connectivity index is 2.46. The van der Waals surface area contributed by atoms with Gasteiger partial charge >= 0.3 is 0 Å². The molecule has 1 rings (SSSR count). The fourth-order valence-corrected chi connectivity index (χ4v) is 2.05. The predicted molar refractivity (Wildman–Crippen MR) is 57.0 cm³/mol. The number of nitrogens with zero attached hydrogens (tertiary/aromatic N) is 3. The third-order valence-corrected chi connectivity index (χ3v) is 2.97. The summed E-state index contributed by atoms with van der Waals surface area (Å²) in [5, 5.41) is 3.90. The first-order valence-corrected chi connectivity index (χ1v) is 5.32. The van der Waals surface area contributed by atoms with Crippen LogP contribution in [0.3, 0.4) is 0 Å². The highest BCUT2D eigenvalue weighted by atomic mass is 31.0. The van der Waals surface area contributed by atoms with E-state index in [2.05, 4.69) is 31.4 Å². The van der Waals surface area contributed by atoms with Crippen LogP contribution in [0, 0.1) is 11.4 Å². The van der Waals surface area contributed by atoms with Gasteiger partial charge < -0.3 is 9.42 Å². The van der Waals surface area contributed by atoms with Crippen LogP contribution in [0.5, 0.6) is 0 Å². The van der Waals surface area contributed by atoms with Crippen LogP contribution < -0.4 is 4.91 Å². The van der Waals surface area contributed by atoms with E-state index in [1.807, 2.05) is 0 Å². The molecule has 1 aliphatic rings. The van der Waals surface area contributed by atoms with Crippen LogP contribution in [0.4, 0.5) is 0 Å². The molecule has 1 aliphatic heterocycles. The highest BCUT2D eigenvalue weighted by Gasteiger charge is 2.28. The Morgan fingerprint density at radius 3 is 2.79 bits per heavy atom. The van der Waals surface area contributed by atoms with Gasteiger partial charge in [0.25, 0.3) is 0 Å². The molecule has 5 nitrogen and oxygen atoms in total. The molecule has 0 amide bonds. The average Bonchev–Trinajstić information content (AvgIpc) is 2.19. The summed E-state index contributed by atoms with van der Waals surface area (Å²) in [6.45, 7) is 2.75. The van der Waals surface area contributed by atoms with Crippen LogP contribution in [-0.4, -0.2) is 37.7 Å². The minimum atomic E-state index is 0.0544. The smallest absolute Gasteiger partial charge is 0.214 e. The molecule has 0 saturated carbocycles. The summed E-state index contributed by atoms with van der Waals surface area (Å²) in [5.41, 5.74) is 6.76. The summed E-state index contributed by atoms with van der Waals surface area (Å²) in [6.07, 6.45) is 2.24. The van der Waals surface area contributed by atoms with Gasteiger partial charge in [0, 0.05) is 9.47 Å². The Bertz CT molecular complexity index is 211. The molecule has 0 aromatic carbocycles. The molecule has 1 heterocycles. The lowest BCUT2D eigenvalue weighted by Gasteiger charge is -2.29. The third kappa shape index (κ3) is 3.43. The van der Waals surface area contributed by atoms with Crippen molar-refractivity contribution < 1.29 is 4.52 Å². The molecule has 2 atom stereocenters. The predicted octanol–water partition coefficient (Wildman–Crippen LogP) is 1.05. The molecule has 80 valence electrons. The number of piperidine rings is 1. The second-order valence-electron chi connectivity index (χ2n) is 3.76. The van der Waals surface area contributed by atoms with Crippen LogP contribution in [0.2, 0.25) is 0 Å². The number of likely N-dealkylation sites (tertiary alicyclic amines) is 1. The molecule has 1 fully saturated rings. The van der Waals surface area contributed by atoms with E-state index in [0.29, 0.717) is 12.5 Å². The lowest BCUT2D eigenvalue weighted by Crippen LogP contribution is -2.36. The van der Waals surface area contributed by atoms with E-state index in [4.69, 9.17) is 10.1 Å². The van der Waals surface area contributed by atoms with Crippen molar-refractivity contribution in [1.82, 2.24) is 9.81 Å². The molecule has 0 spiro atoms. The molecular weight excluding hydrogens is 199 g/mol. The molecule has 0 aromatic heterocycles. The van der Waals surface area contributed by atoms with Crippen molar-refractivity contribution in [2.45, 2.75) is 18.9 Å². The fourth-order valence-electron chi connectivity index (χ4n) is 1.85. The number of hydrogen-bond acceptors (Lipinski definition) is 4. The van der Waals surface area contributed by atoms with Gasteiger partial charge in [-0.15, -0.1) is 0 Å². The highest BCUT2D eigenvalue weighted by molar-refractivity contribution is 7.09. The molecule has 6 heteroatoms. The molecule has 0 aliphatic carbocycles. The molecule has 0 bridgehead atoms. The molecule has 14 heavy (non-hydrogen) atoms. The van der Waals surface area contributed by atoms with E-state index in [-0.39, 0.29) is 6.04 Å². The number of rotatable bonds is 4. The zero-order valence-electron chi connectivity index (χ0n) is 8.52. The van der Waals surface area contributed by atoms with Gasteiger partial charge in [0.1, 0.15) is 10.6 Å².